The molecule has 2 rings (SSSR count). The van der Waals surface area contributed by atoms with Gasteiger partial charge in [-0.25, -0.2) is 13.4 Å². The van der Waals surface area contributed by atoms with Crippen molar-refractivity contribution in [2.45, 2.75) is 0 Å². The summed E-state index contributed by atoms with van der Waals surface area (Å²) >= 11 is 0. The minimum absolute atomic E-state index is 0.467. The van der Waals surface area contributed by atoms with Gasteiger partial charge in [-0.05, 0) is 12.1 Å². The van der Waals surface area contributed by atoms with Gasteiger partial charge in [-0.2, -0.15) is 5.10 Å². The molecule has 112 valence electrons. The molecule has 7 nitrogen and oxygen atoms in total. The summed E-state index contributed by atoms with van der Waals surface area (Å²) in [5, 5.41) is 6.06. The molecule has 0 spiro atoms. The van der Waals surface area contributed by atoms with E-state index in [0.29, 0.717) is 17.1 Å². The lowest BCUT2D eigenvalue weighted by atomic mass is 10.1. The van der Waals surface area contributed by atoms with Crippen LogP contribution in [0.15, 0.2) is 48.1 Å². The van der Waals surface area contributed by atoms with Crippen molar-refractivity contribution in [3.05, 3.63) is 48.5 Å². The van der Waals surface area contributed by atoms with Gasteiger partial charge in [-0.15, -0.1) is 0 Å². The number of imidazole rings is 1. The summed E-state index contributed by atoms with van der Waals surface area (Å²) in [6.07, 6.45) is 6.11. The quantitative estimate of drug-likeness (QED) is 0.520. The monoisotopic (exact) mass is 307 g/mol. The van der Waals surface area contributed by atoms with Crippen LogP contribution in [0, 0.1) is 0 Å². The fourth-order valence-electron chi connectivity index (χ4n) is 1.79. The Morgan fingerprint density at radius 2 is 2.05 bits per heavy atom. The van der Waals surface area contributed by atoms with E-state index < -0.39 is 10.0 Å². The fraction of sp³-hybridized carbons (Fsp3) is 0.231. The predicted molar refractivity (Wildman–Crippen MR) is 82.8 cm³/mol. The number of hydrazone groups is 1. The van der Waals surface area contributed by atoms with Gasteiger partial charge in [0.15, 0.2) is 5.84 Å². The van der Waals surface area contributed by atoms with Gasteiger partial charge in [0.05, 0.1) is 11.9 Å². The van der Waals surface area contributed by atoms with Crippen molar-refractivity contribution in [2.24, 2.45) is 5.10 Å². The second kappa shape index (κ2) is 5.96. The Hall–Kier alpha value is -2.35. The summed E-state index contributed by atoms with van der Waals surface area (Å²) in [6, 6.07) is 7.08. The minimum Gasteiger partial charge on any atom is -0.301 e. The Balaban J connectivity index is 2.56. The van der Waals surface area contributed by atoms with E-state index in [1.807, 2.05) is 6.07 Å². The molecule has 0 radical (unpaired) electrons. The Bertz CT molecular complexity index is 736. The van der Waals surface area contributed by atoms with Crippen LogP contribution < -0.4 is 4.72 Å². The van der Waals surface area contributed by atoms with Crippen molar-refractivity contribution in [1.82, 2.24) is 14.6 Å². The van der Waals surface area contributed by atoms with Gasteiger partial charge in [0, 0.05) is 32.1 Å². The smallest absolute Gasteiger partial charge is 0.229 e. The molecule has 8 heteroatoms. The SMILES string of the molecule is CN(C)/N=C(/c1ccccc1NS(C)(=O)=O)n1ccnc1. The van der Waals surface area contributed by atoms with Crippen LogP contribution in [-0.2, 0) is 10.0 Å². The number of rotatable bonds is 4. The first kappa shape index (κ1) is 15.0. The third kappa shape index (κ3) is 4.06. The summed E-state index contributed by atoms with van der Waals surface area (Å²) in [7, 11) is 0.216. The normalized spacial score (nSPS) is 12.2. The van der Waals surface area contributed by atoms with Crippen LogP contribution in [0.25, 0.3) is 0 Å². The Kier molecular flexibility index (Phi) is 4.27. The minimum atomic E-state index is -3.37. The molecule has 0 amide bonds. The highest BCUT2D eigenvalue weighted by atomic mass is 32.2. The molecule has 0 unspecified atom stereocenters. The molecule has 0 saturated carbocycles. The lowest BCUT2D eigenvalue weighted by Crippen LogP contribution is -2.20. The zero-order chi connectivity index (χ0) is 15.5. The van der Waals surface area contributed by atoms with E-state index in [0.717, 1.165) is 6.26 Å². The molecular weight excluding hydrogens is 290 g/mol. The maximum Gasteiger partial charge on any atom is 0.229 e. The van der Waals surface area contributed by atoms with E-state index >= 15 is 0 Å². The van der Waals surface area contributed by atoms with E-state index in [4.69, 9.17) is 0 Å². The Labute approximate surface area is 124 Å². The maximum absolute atomic E-state index is 11.5. The Morgan fingerprint density at radius 3 is 2.62 bits per heavy atom. The molecule has 0 saturated heterocycles. The second-order valence-electron chi connectivity index (χ2n) is 4.66. The van der Waals surface area contributed by atoms with E-state index in [1.165, 1.54) is 0 Å². The summed E-state index contributed by atoms with van der Waals surface area (Å²) in [6.45, 7) is 0. The van der Waals surface area contributed by atoms with Crippen molar-refractivity contribution >= 4 is 21.5 Å². The summed E-state index contributed by atoms with van der Waals surface area (Å²) in [4.78, 5) is 4.01. The highest BCUT2D eigenvalue weighted by Gasteiger charge is 2.14. The molecule has 21 heavy (non-hydrogen) atoms. The number of benzene rings is 1. The number of hydrogen-bond donors (Lipinski definition) is 1. The van der Waals surface area contributed by atoms with Crippen molar-refractivity contribution in [2.75, 3.05) is 25.1 Å². The summed E-state index contributed by atoms with van der Waals surface area (Å²) < 4.78 is 27.2. The molecule has 1 heterocycles. The number of sulfonamides is 1. The zero-order valence-electron chi connectivity index (χ0n) is 12.1. The zero-order valence-corrected chi connectivity index (χ0v) is 12.9. The molecule has 0 aliphatic heterocycles. The van der Waals surface area contributed by atoms with Crippen LogP contribution in [0.5, 0.6) is 0 Å². The van der Waals surface area contributed by atoms with Crippen LogP contribution >= 0.6 is 0 Å². The summed E-state index contributed by atoms with van der Waals surface area (Å²) in [5.74, 6) is 0.573. The van der Waals surface area contributed by atoms with E-state index in [-0.39, 0.29) is 0 Å². The predicted octanol–water partition coefficient (Wildman–Crippen LogP) is 1.03. The first-order chi connectivity index (χ1) is 9.87. The molecule has 0 bridgehead atoms. The molecule has 1 N–H and O–H groups in total. The standard InChI is InChI=1S/C13H17N5O2S/c1-17(2)15-13(18-9-8-14-10-18)11-6-4-5-7-12(11)16-21(3,19)20/h4-10,16H,1-3H3/b15-13-. The maximum atomic E-state index is 11.5. The van der Waals surface area contributed by atoms with E-state index in [2.05, 4.69) is 14.8 Å². The molecule has 0 aliphatic carbocycles. The molecular formula is C13H17N5O2S. The molecule has 1 aromatic heterocycles. The van der Waals surface area contributed by atoms with Gasteiger partial charge in [0.1, 0.15) is 6.33 Å². The molecule has 0 atom stereocenters. The Morgan fingerprint density at radius 1 is 1.33 bits per heavy atom. The molecule has 0 aliphatic rings. The average Bonchev–Trinajstić information content (AvgIpc) is 2.88. The van der Waals surface area contributed by atoms with Gasteiger partial charge in [-0.1, -0.05) is 12.1 Å². The van der Waals surface area contributed by atoms with E-state index in [9.17, 15) is 8.42 Å². The van der Waals surface area contributed by atoms with Gasteiger partial charge in [-0.3, -0.25) is 9.29 Å². The summed E-state index contributed by atoms with van der Waals surface area (Å²) in [5.41, 5.74) is 1.13. The number of nitrogens with one attached hydrogen (secondary N) is 1. The van der Waals surface area contributed by atoms with Gasteiger partial charge < -0.3 is 5.01 Å². The van der Waals surface area contributed by atoms with Crippen LogP contribution in [0.2, 0.25) is 0 Å². The highest BCUT2D eigenvalue weighted by molar-refractivity contribution is 7.92. The van der Waals surface area contributed by atoms with Crippen molar-refractivity contribution < 1.29 is 8.42 Å². The third-order valence-electron chi connectivity index (χ3n) is 2.51. The van der Waals surface area contributed by atoms with Gasteiger partial charge in [0.2, 0.25) is 10.0 Å². The van der Waals surface area contributed by atoms with Crippen LogP contribution in [-0.4, -0.2) is 49.2 Å². The lowest BCUT2D eigenvalue weighted by Gasteiger charge is -2.15. The van der Waals surface area contributed by atoms with E-state index in [1.54, 1.807) is 60.6 Å². The fourth-order valence-corrected chi connectivity index (χ4v) is 2.36. The average molecular weight is 307 g/mol. The number of para-hydroxylation sites is 1. The van der Waals surface area contributed by atoms with Crippen LogP contribution in [0.1, 0.15) is 5.56 Å². The second-order valence-corrected chi connectivity index (χ2v) is 6.41. The van der Waals surface area contributed by atoms with Crippen molar-refractivity contribution in [3.8, 4) is 0 Å². The molecule has 1 aromatic carbocycles. The van der Waals surface area contributed by atoms with Crippen molar-refractivity contribution in [1.29, 1.82) is 0 Å². The number of anilines is 1. The topological polar surface area (TPSA) is 79.6 Å². The number of nitrogens with zero attached hydrogens (tertiary/aromatic N) is 4. The highest BCUT2D eigenvalue weighted by Crippen LogP contribution is 2.18. The largest absolute Gasteiger partial charge is 0.301 e. The number of hydrogen-bond acceptors (Lipinski definition) is 5. The molecule has 0 fully saturated rings. The van der Waals surface area contributed by atoms with Crippen LogP contribution in [0.3, 0.4) is 0 Å². The third-order valence-corrected chi connectivity index (χ3v) is 3.10. The number of aromatic nitrogens is 2. The molecule has 2 aromatic rings. The van der Waals surface area contributed by atoms with Gasteiger partial charge in [0.25, 0.3) is 0 Å². The first-order valence-electron chi connectivity index (χ1n) is 6.18. The van der Waals surface area contributed by atoms with Crippen LogP contribution in [0.4, 0.5) is 5.69 Å². The lowest BCUT2D eigenvalue weighted by molar-refractivity contribution is 0.436. The van der Waals surface area contributed by atoms with Gasteiger partial charge >= 0.3 is 0 Å². The van der Waals surface area contributed by atoms with Crippen molar-refractivity contribution in [3.63, 3.8) is 0 Å². The first-order valence-corrected chi connectivity index (χ1v) is 8.07.